The Bertz CT molecular complexity index is 739. The molecule has 0 bridgehead atoms. The number of benzene rings is 2. The fraction of sp³-hybridized carbons (Fsp3) is 0.429. The van der Waals surface area contributed by atoms with Crippen molar-refractivity contribution in [3.05, 3.63) is 54.1 Å². The molecule has 0 radical (unpaired) electrons. The average Bonchev–Trinajstić information content (AvgIpc) is 2.69. The van der Waals surface area contributed by atoms with Crippen LogP contribution < -0.4 is 14.2 Å². The summed E-state index contributed by atoms with van der Waals surface area (Å²) in [5, 5.41) is 0. The molecule has 0 aromatic heterocycles. The van der Waals surface area contributed by atoms with Gasteiger partial charge in [-0.3, -0.25) is 4.90 Å². The number of hydrogen-bond donors (Lipinski definition) is 0. The molecule has 1 fully saturated rings. The van der Waals surface area contributed by atoms with Crippen LogP contribution in [-0.4, -0.2) is 44.1 Å². The summed E-state index contributed by atoms with van der Waals surface area (Å²) in [6.45, 7) is 2.68. The van der Waals surface area contributed by atoms with E-state index >= 15 is 0 Å². The first-order valence-electron chi connectivity index (χ1n) is 9.21. The second-order valence-electron chi connectivity index (χ2n) is 6.92. The van der Waals surface area contributed by atoms with Gasteiger partial charge >= 0.3 is 0 Å². The maximum Gasteiger partial charge on any atom is 0.228 e. The highest BCUT2D eigenvalue weighted by atomic mass is 19.1. The highest BCUT2D eigenvalue weighted by Crippen LogP contribution is 2.32. The lowest BCUT2D eigenvalue weighted by Gasteiger charge is -2.36. The van der Waals surface area contributed by atoms with E-state index in [2.05, 4.69) is 11.0 Å². The van der Waals surface area contributed by atoms with E-state index in [9.17, 15) is 4.39 Å². The van der Waals surface area contributed by atoms with Crippen LogP contribution in [0.25, 0.3) is 0 Å². The molecule has 0 saturated carbocycles. The lowest BCUT2D eigenvalue weighted by molar-refractivity contribution is 0.0504. The number of ether oxygens (including phenoxy) is 3. The monoisotopic (exact) mass is 357 g/mol. The summed E-state index contributed by atoms with van der Waals surface area (Å²) in [6, 6.07) is 15.6. The van der Waals surface area contributed by atoms with Gasteiger partial charge in [-0.2, -0.15) is 0 Å². The Hall–Kier alpha value is -2.27. The van der Waals surface area contributed by atoms with E-state index in [1.165, 1.54) is 5.56 Å². The Kier molecular flexibility index (Phi) is 5.25. The first kappa shape index (κ1) is 17.2. The molecule has 2 aromatic rings. The van der Waals surface area contributed by atoms with E-state index in [-0.39, 0.29) is 6.10 Å². The van der Waals surface area contributed by atoms with Gasteiger partial charge in [0.05, 0.1) is 0 Å². The fourth-order valence-electron chi connectivity index (χ4n) is 3.86. The zero-order valence-electron chi connectivity index (χ0n) is 14.8. The smallest absolute Gasteiger partial charge is 0.228 e. The van der Waals surface area contributed by atoms with Crippen LogP contribution in [0.15, 0.2) is 48.5 Å². The zero-order chi connectivity index (χ0) is 17.8. The fourth-order valence-corrected chi connectivity index (χ4v) is 3.86. The summed E-state index contributed by atoms with van der Waals surface area (Å²) < 4.78 is 29.4. The molecule has 4 rings (SSSR count). The summed E-state index contributed by atoms with van der Waals surface area (Å²) in [7, 11) is 0. The average molecular weight is 357 g/mol. The van der Waals surface area contributed by atoms with Crippen LogP contribution in [0.2, 0.25) is 0 Å². The molecule has 0 N–H and O–H groups in total. The molecule has 2 heterocycles. The third kappa shape index (κ3) is 3.93. The van der Waals surface area contributed by atoms with E-state index in [0.29, 0.717) is 18.3 Å². The molecule has 2 aliphatic heterocycles. The van der Waals surface area contributed by atoms with Gasteiger partial charge in [0, 0.05) is 13.1 Å². The van der Waals surface area contributed by atoms with Crippen molar-refractivity contribution in [1.29, 1.82) is 0 Å². The third-order valence-electron chi connectivity index (χ3n) is 5.09. The minimum absolute atomic E-state index is 0.0462. The Morgan fingerprint density at radius 3 is 2.88 bits per heavy atom. The highest BCUT2D eigenvalue weighted by Gasteiger charge is 2.27. The Morgan fingerprint density at radius 2 is 2.00 bits per heavy atom. The molecule has 5 heteroatoms. The van der Waals surface area contributed by atoms with Crippen LogP contribution in [-0.2, 0) is 0 Å². The summed E-state index contributed by atoms with van der Waals surface area (Å²) >= 11 is 0. The lowest BCUT2D eigenvalue weighted by Crippen LogP contribution is -2.44. The highest BCUT2D eigenvalue weighted by molar-refractivity contribution is 5.40. The number of nitrogens with zero attached hydrogens (tertiary/aromatic N) is 1. The van der Waals surface area contributed by atoms with Gasteiger partial charge in [-0.1, -0.05) is 24.3 Å². The standard InChI is InChI=1S/C21H24FNO3/c22-15-25-18-7-3-5-16(11-18)17-6-4-10-23(12-17)13-19-14-24-20-8-1-2-9-21(20)26-19/h1-3,5,7-9,11,17,19H,4,6,10,12-15H2/t17?,19-/m0/s1. The predicted molar refractivity (Wildman–Crippen MR) is 97.8 cm³/mol. The van der Waals surface area contributed by atoms with Crippen molar-refractivity contribution in [2.75, 3.05) is 33.1 Å². The van der Waals surface area contributed by atoms with Crippen molar-refractivity contribution in [2.45, 2.75) is 24.9 Å². The number of para-hydroxylation sites is 2. The van der Waals surface area contributed by atoms with Crippen LogP contribution in [0, 0.1) is 0 Å². The molecule has 1 saturated heterocycles. The molecule has 26 heavy (non-hydrogen) atoms. The lowest BCUT2D eigenvalue weighted by atomic mass is 9.90. The van der Waals surface area contributed by atoms with Crippen molar-refractivity contribution in [2.24, 2.45) is 0 Å². The first-order chi connectivity index (χ1) is 12.8. The SMILES string of the molecule is FCOc1cccc(C2CCCN(C[C@H]3COc4ccccc4O3)C2)c1. The van der Waals surface area contributed by atoms with E-state index in [1.807, 2.05) is 36.4 Å². The molecule has 138 valence electrons. The van der Waals surface area contributed by atoms with Gasteiger partial charge < -0.3 is 14.2 Å². The van der Waals surface area contributed by atoms with Crippen LogP contribution in [0.4, 0.5) is 4.39 Å². The van der Waals surface area contributed by atoms with Gasteiger partial charge in [-0.05, 0) is 55.1 Å². The molecule has 2 aromatic carbocycles. The van der Waals surface area contributed by atoms with Crippen molar-refractivity contribution in [3.8, 4) is 17.2 Å². The Morgan fingerprint density at radius 1 is 1.12 bits per heavy atom. The maximum absolute atomic E-state index is 12.4. The summed E-state index contributed by atoms with van der Waals surface area (Å²) in [6.07, 6.45) is 2.33. The number of likely N-dealkylation sites (tertiary alicyclic amines) is 1. The zero-order valence-corrected chi connectivity index (χ0v) is 14.8. The molecular weight excluding hydrogens is 333 g/mol. The summed E-state index contributed by atoms with van der Waals surface area (Å²) in [4.78, 5) is 2.44. The molecule has 2 atom stereocenters. The summed E-state index contributed by atoms with van der Waals surface area (Å²) in [5.74, 6) is 2.68. The molecule has 1 unspecified atom stereocenters. The largest absolute Gasteiger partial charge is 0.486 e. The number of fused-ring (bicyclic) bond motifs is 1. The van der Waals surface area contributed by atoms with Gasteiger partial charge in [0.15, 0.2) is 11.5 Å². The second-order valence-corrected chi connectivity index (χ2v) is 6.92. The van der Waals surface area contributed by atoms with Crippen LogP contribution >= 0.6 is 0 Å². The van der Waals surface area contributed by atoms with E-state index in [4.69, 9.17) is 14.2 Å². The van der Waals surface area contributed by atoms with Crippen molar-refractivity contribution in [3.63, 3.8) is 0 Å². The molecule has 2 aliphatic rings. The molecule has 0 spiro atoms. The molecule has 4 nitrogen and oxygen atoms in total. The molecule has 0 amide bonds. The van der Waals surface area contributed by atoms with Crippen molar-refractivity contribution in [1.82, 2.24) is 4.90 Å². The number of rotatable bonds is 5. The number of hydrogen-bond acceptors (Lipinski definition) is 4. The Balaban J connectivity index is 1.38. The normalized spacial score (nSPS) is 22.8. The summed E-state index contributed by atoms with van der Waals surface area (Å²) in [5.41, 5.74) is 1.21. The minimum atomic E-state index is -0.791. The number of alkyl halides is 1. The third-order valence-corrected chi connectivity index (χ3v) is 5.09. The van der Waals surface area contributed by atoms with Gasteiger partial charge in [0.25, 0.3) is 0 Å². The van der Waals surface area contributed by atoms with Crippen LogP contribution in [0.3, 0.4) is 0 Å². The van der Waals surface area contributed by atoms with Crippen molar-refractivity contribution < 1.29 is 18.6 Å². The van der Waals surface area contributed by atoms with E-state index in [0.717, 1.165) is 44.0 Å². The van der Waals surface area contributed by atoms with Gasteiger partial charge in [-0.15, -0.1) is 0 Å². The number of halogens is 1. The van der Waals surface area contributed by atoms with Gasteiger partial charge in [0.2, 0.25) is 6.86 Å². The van der Waals surface area contributed by atoms with E-state index in [1.54, 1.807) is 6.07 Å². The molecular formula is C21H24FNO3. The minimum Gasteiger partial charge on any atom is -0.486 e. The quantitative estimate of drug-likeness (QED) is 0.809. The topological polar surface area (TPSA) is 30.9 Å². The first-order valence-corrected chi connectivity index (χ1v) is 9.21. The van der Waals surface area contributed by atoms with Gasteiger partial charge in [-0.25, -0.2) is 4.39 Å². The number of piperidine rings is 1. The second kappa shape index (κ2) is 7.96. The van der Waals surface area contributed by atoms with E-state index < -0.39 is 6.86 Å². The van der Waals surface area contributed by atoms with Crippen LogP contribution in [0.1, 0.15) is 24.3 Å². The predicted octanol–water partition coefficient (Wildman–Crippen LogP) is 4.01. The van der Waals surface area contributed by atoms with Crippen molar-refractivity contribution >= 4 is 0 Å². The van der Waals surface area contributed by atoms with Gasteiger partial charge in [0.1, 0.15) is 18.5 Å². The molecule has 0 aliphatic carbocycles. The Labute approximate surface area is 153 Å². The van der Waals surface area contributed by atoms with Crippen LogP contribution in [0.5, 0.6) is 17.2 Å². The maximum atomic E-state index is 12.4.